The first-order valence-corrected chi connectivity index (χ1v) is 8.32. The molecule has 2 fully saturated rings. The maximum absolute atomic E-state index is 9.93. The topological polar surface area (TPSA) is 35.5 Å². The van der Waals surface area contributed by atoms with Crippen LogP contribution in [0.15, 0.2) is 22.7 Å². The fraction of sp³-hybridized carbons (Fsp3) is 0.625. The third kappa shape index (κ3) is 2.49. The molecule has 0 aromatic heterocycles. The molecule has 0 saturated carbocycles. The van der Waals surface area contributed by atoms with Crippen molar-refractivity contribution in [3.8, 4) is 0 Å². The molecular weight excluding hydrogens is 316 g/mol. The van der Waals surface area contributed by atoms with Crippen molar-refractivity contribution in [1.82, 2.24) is 5.32 Å². The van der Waals surface area contributed by atoms with Crippen LogP contribution in [0.2, 0.25) is 0 Å². The minimum atomic E-state index is -0.105. The third-order valence-corrected chi connectivity index (χ3v) is 5.53. The average molecular weight is 339 g/mol. The van der Waals surface area contributed by atoms with Crippen LogP contribution in [0.3, 0.4) is 0 Å². The highest BCUT2D eigenvalue weighted by molar-refractivity contribution is 9.10. The van der Waals surface area contributed by atoms with Crippen LogP contribution in [0, 0.1) is 0 Å². The Hall–Kier alpha value is -0.580. The van der Waals surface area contributed by atoms with E-state index in [9.17, 15) is 5.11 Å². The lowest BCUT2D eigenvalue weighted by atomic mass is 9.98. The van der Waals surface area contributed by atoms with Crippen LogP contribution in [0.4, 0.5) is 5.69 Å². The van der Waals surface area contributed by atoms with Gasteiger partial charge in [0.15, 0.2) is 0 Å². The van der Waals surface area contributed by atoms with Gasteiger partial charge in [-0.15, -0.1) is 0 Å². The van der Waals surface area contributed by atoms with E-state index in [0.29, 0.717) is 18.1 Å². The predicted molar refractivity (Wildman–Crippen MR) is 86.1 cm³/mol. The van der Waals surface area contributed by atoms with Crippen LogP contribution in [0.1, 0.15) is 44.2 Å². The number of nitrogens with zero attached hydrogens (tertiary/aromatic N) is 1. The number of rotatable bonds is 3. The van der Waals surface area contributed by atoms with Gasteiger partial charge in [0.25, 0.3) is 0 Å². The van der Waals surface area contributed by atoms with Gasteiger partial charge in [-0.2, -0.15) is 0 Å². The Morgan fingerprint density at radius 3 is 2.50 bits per heavy atom. The van der Waals surface area contributed by atoms with Crippen molar-refractivity contribution in [2.75, 3.05) is 11.9 Å². The Morgan fingerprint density at radius 2 is 1.95 bits per heavy atom. The number of nitrogens with one attached hydrogen (secondary N) is 1. The molecule has 2 saturated heterocycles. The Bertz CT molecular complexity index is 479. The molecule has 2 heterocycles. The molecular formula is C16H23BrN2O. The SMILES string of the molecule is CNC(C)c1ccc(N2C3CCC2CC(O)C3)c(Br)c1. The van der Waals surface area contributed by atoms with E-state index in [1.807, 2.05) is 7.05 Å². The first-order valence-electron chi connectivity index (χ1n) is 7.53. The molecule has 0 radical (unpaired) electrons. The number of hydrogen-bond donors (Lipinski definition) is 2. The maximum Gasteiger partial charge on any atom is 0.0579 e. The zero-order chi connectivity index (χ0) is 14.3. The van der Waals surface area contributed by atoms with Gasteiger partial charge in [0.05, 0.1) is 11.8 Å². The molecule has 2 bridgehead atoms. The lowest BCUT2D eigenvalue weighted by Crippen LogP contribution is -2.45. The molecule has 3 unspecified atom stereocenters. The van der Waals surface area contributed by atoms with Crippen LogP contribution >= 0.6 is 15.9 Å². The molecule has 2 N–H and O–H groups in total. The molecule has 3 rings (SSSR count). The standard InChI is InChI=1S/C16H23BrN2O/c1-10(18-2)11-3-6-16(15(17)7-11)19-12-4-5-13(19)9-14(20)8-12/h3,6-7,10,12-14,18,20H,4-5,8-9H2,1-2H3. The second-order valence-electron chi connectivity index (χ2n) is 6.14. The van der Waals surface area contributed by atoms with Gasteiger partial charge >= 0.3 is 0 Å². The second kappa shape index (κ2) is 5.66. The minimum Gasteiger partial charge on any atom is -0.393 e. The van der Waals surface area contributed by atoms with Crippen molar-refractivity contribution >= 4 is 21.6 Å². The molecule has 0 amide bonds. The van der Waals surface area contributed by atoms with Gasteiger partial charge in [0, 0.05) is 22.6 Å². The van der Waals surface area contributed by atoms with E-state index in [2.05, 4.69) is 51.3 Å². The molecule has 3 nitrogen and oxygen atoms in total. The average Bonchev–Trinajstić information content (AvgIpc) is 2.69. The largest absolute Gasteiger partial charge is 0.393 e. The zero-order valence-electron chi connectivity index (χ0n) is 12.1. The van der Waals surface area contributed by atoms with E-state index in [4.69, 9.17) is 0 Å². The number of halogens is 1. The van der Waals surface area contributed by atoms with Gasteiger partial charge in [0.1, 0.15) is 0 Å². The third-order valence-electron chi connectivity index (χ3n) is 4.89. The maximum atomic E-state index is 9.93. The van der Waals surface area contributed by atoms with E-state index in [0.717, 1.165) is 12.8 Å². The molecule has 3 atom stereocenters. The fourth-order valence-electron chi connectivity index (χ4n) is 3.71. The molecule has 0 spiro atoms. The summed E-state index contributed by atoms with van der Waals surface area (Å²) in [5.41, 5.74) is 2.59. The summed E-state index contributed by atoms with van der Waals surface area (Å²) in [6, 6.07) is 8.05. The van der Waals surface area contributed by atoms with Crippen molar-refractivity contribution in [2.45, 2.75) is 56.8 Å². The molecule has 1 aromatic carbocycles. The number of benzene rings is 1. The van der Waals surface area contributed by atoms with E-state index in [1.165, 1.54) is 28.6 Å². The summed E-state index contributed by atoms with van der Waals surface area (Å²) in [7, 11) is 1.98. The highest BCUT2D eigenvalue weighted by Crippen LogP contribution is 2.42. The van der Waals surface area contributed by atoms with Crippen molar-refractivity contribution in [3.63, 3.8) is 0 Å². The lowest BCUT2D eigenvalue weighted by Gasteiger charge is -2.39. The summed E-state index contributed by atoms with van der Waals surface area (Å²) in [6.45, 7) is 2.17. The van der Waals surface area contributed by atoms with Crippen molar-refractivity contribution in [1.29, 1.82) is 0 Å². The molecule has 1 aromatic rings. The molecule has 2 aliphatic heterocycles. The Labute approximate surface area is 129 Å². The van der Waals surface area contributed by atoms with Crippen LogP contribution in [0.5, 0.6) is 0 Å². The Balaban J connectivity index is 1.88. The van der Waals surface area contributed by atoms with Gasteiger partial charge < -0.3 is 15.3 Å². The van der Waals surface area contributed by atoms with Crippen molar-refractivity contribution < 1.29 is 5.11 Å². The predicted octanol–water partition coefficient (Wildman–Crippen LogP) is 3.22. The summed E-state index contributed by atoms with van der Waals surface area (Å²) in [5.74, 6) is 0. The molecule has 4 heteroatoms. The summed E-state index contributed by atoms with van der Waals surface area (Å²) >= 11 is 3.75. The van der Waals surface area contributed by atoms with E-state index in [-0.39, 0.29) is 6.10 Å². The first kappa shape index (κ1) is 14.4. The van der Waals surface area contributed by atoms with Gasteiger partial charge in [-0.25, -0.2) is 0 Å². The van der Waals surface area contributed by atoms with Gasteiger partial charge in [-0.05, 0) is 73.3 Å². The second-order valence-corrected chi connectivity index (χ2v) is 6.99. The van der Waals surface area contributed by atoms with Crippen LogP contribution in [-0.4, -0.2) is 30.3 Å². The summed E-state index contributed by atoms with van der Waals surface area (Å²) in [5, 5.41) is 13.2. The monoisotopic (exact) mass is 338 g/mol. The van der Waals surface area contributed by atoms with Crippen molar-refractivity contribution in [2.24, 2.45) is 0 Å². The van der Waals surface area contributed by atoms with Crippen LogP contribution in [0.25, 0.3) is 0 Å². The molecule has 20 heavy (non-hydrogen) atoms. The van der Waals surface area contributed by atoms with Crippen LogP contribution < -0.4 is 10.2 Å². The molecule has 110 valence electrons. The Morgan fingerprint density at radius 1 is 1.30 bits per heavy atom. The quantitative estimate of drug-likeness (QED) is 0.888. The van der Waals surface area contributed by atoms with E-state index >= 15 is 0 Å². The number of piperidine rings is 1. The smallest absolute Gasteiger partial charge is 0.0579 e. The van der Waals surface area contributed by atoms with E-state index < -0.39 is 0 Å². The number of anilines is 1. The first-order chi connectivity index (χ1) is 9.60. The zero-order valence-corrected chi connectivity index (χ0v) is 13.7. The fourth-order valence-corrected chi connectivity index (χ4v) is 4.31. The molecule has 0 aliphatic carbocycles. The summed E-state index contributed by atoms with van der Waals surface area (Å²) in [4.78, 5) is 2.53. The number of fused-ring (bicyclic) bond motifs is 2. The number of aliphatic hydroxyl groups is 1. The van der Waals surface area contributed by atoms with Gasteiger partial charge in [-0.3, -0.25) is 0 Å². The Kier molecular flexibility index (Phi) is 4.07. The normalized spacial score (nSPS) is 30.6. The van der Waals surface area contributed by atoms with Crippen LogP contribution in [-0.2, 0) is 0 Å². The van der Waals surface area contributed by atoms with Gasteiger partial charge in [0.2, 0.25) is 0 Å². The van der Waals surface area contributed by atoms with Gasteiger partial charge in [-0.1, -0.05) is 6.07 Å². The summed E-state index contributed by atoms with van der Waals surface area (Å²) < 4.78 is 1.17. The van der Waals surface area contributed by atoms with E-state index in [1.54, 1.807) is 0 Å². The number of aliphatic hydroxyl groups excluding tert-OH is 1. The highest BCUT2D eigenvalue weighted by atomic mass is 79.9. The minimum absolute atomic E-state index is 0.105. The van der Waals surface area contributed by atoms with Crippen molar-refractivity contribution in [3.05, 3.63) is 28.2 Å². The molecule has 2 aliphatic rings. The number of hydrogen-bond acceptors (Lipinski definition) is 3. The highest BCUT2D eigenvalue weighted by Gasteiger charge is 2.40. The lowest BCUT2D eigenvalue weighted by molar-refractivity contribution is 0.126. The summed E-state index contributed by atoms with van der Waals surface area (Å²) in [6.07, 6.45) is 4.15.